The van der Waals surface area contributed by atoms with Crippen LogP contribution in [0.15, 0.2) is 12.1 Å². The molecule has 0 atom stereocenters. The predicted molar refractivity (Wildman–Crippen MR) is 61.4 cm³/mol. The van der Waals surface area contributed by atoms with Crippen LogP contribution in [0.2, 0.25) is 10.0 Å². The Bertz CT molecular complexity index is 391. The molecule has 0 unspecified atom stereocenters. The average Bonchev–Trinajstić information content (AvgIpc) is 2.18. The first-order valence-electron chi connectivity index (χ1n) is 4.09. The molecule has 0 fully saturated rings. The van der Waals surface area contributed by atoms with Crippen LogP contribution in [0.1, 0.15) is 12.0 Å². The minimum absolute atomic E-state index is 0.353. The van der Waals surface area contributed by atoms with E-state index in [0.717, 1.165) is 0 Å². The van der Waals surface area contributed by atoms with Gasteiger partial charge < -0.3 is 11.5 Å². The van der Waals surface area contributed by atoms with Crippen molar-refractivity contribution in [3.63, 3.8) is 0 Å². The molecular weight excluding hydrogens is 219 g/mol. The van der Waals surface area contributed by atoms with E-state index in [4.69, 9.17) is 34.7 Å². The molecule has 4 heteroatoms. The number of nitrogens with two attached hydrogens (primary N) is 2. The highest BCUT2D eigenvalue weighted by Crippen LogP contribution is 2.30. The van der Waals surface area contributed by atoms with Gasteiger partial charge >= 0.3 is 0 Å². The summed E-state index contributed by atoms with van der Waals surface area (Å²) in [7, 11) is 0. The minimum atomic E-state index is 0.353. The SMILES string of the molecule is NCCC#Cc1ccc(N)c(Cl)c1Cl. The summed E-state index contributed by atoms with van der Waals surface area (Å²) in [6, 6.07) is 3.42. The molecule has 1 aromatic rings. The zero-order valence-electron chi connectivity index (χ0n) is 7.48. The van der Waals surface area contributed by atoms with E-state index in [1.165, 1.54) is 0 Å². The second-order valence-electron chi connectivity index (χ2n) is 2.67. The Morgan fingerprint density at radius 1 is 1.21 bits per heavy atom. The molecule has 0 radical (unpaired) electrons. The van der Waals surface area contributed by atoms with E-state index in [2.05, 4.69) is 11.8 Å². The first-order chi connectivity index (χ1) is 6.66. The number of halogens is 2. The quantitative estimate of drug-likeness (QED) is 0.573. The van der Waals surface area contributed by atoms with Crippen LogP contribution < -0.4 is 11.5 Å². The first kappa shape index (κ1) is 11.2. The number of hydrogen-bond acceptors (Lipinski definition) is 2. The molecular formula is C10H10Cl2N2. The lowest BCUT2D eigenvalue weighted by Gasteiger charge is -2.01. The lowest BCUT2D eigenvalue weighted by molar-refractivity contribution is 1.03. The standard InChI is InChI=1S/C10H10Cl2N2/c11-9-7(3-1-2-6-13)4-5-8(14)10(9)12/h4-5H,2,6,13-14H2. The maximum absolute atomic E-state index is 5.93. The van der Waals surface area contributed by atoms with Crippen LogP contribution >= 0.6 is 23.2 Å². The molecule has 1 rings (SSSR count). The highest BCUT2D eigenvalue weighted by atomic mass is 35.5. The maximum Gasteiger partial charge on any atom is 0.0834 e. The van der Waals surface area contributed by atoms with E-state index in [1.807, 2.05) is 0 Å². The number of benzene rings is 1. The third kappa shape index (κ3) is 2.55. The zero-order chi connectivity index (χ0) is 10.6. The monoisotopic (exact) mass is 228 g/mol. The van der Waals surface area contributed by atoms with Crippen LogP contribution in [0.25, 0.3) is 0 Å². The number of nitrogen functional groups attached to an aromatic ring is 1. The van der Waals surface area contributed by atoms with Crippen LogP contribution in [0, 0.1) is 11.8 Å². The van der Waals surface area contributed by atoms with Gasteiger partial charge in [-0.05, 0) is 12.1 Å². The molecule has 0 saturated heterocycles. The summed E-state index contributed by atoms with van der Waals surface area (Å²) in [5.41, 5.74) is 12.0. The van der Waals surface area contributed by atoms with Crippen molar-refractivity contribution < 1.29 is 0 Å². The number of hydrogen-bond donors (Lipinski definition) is 2. The largest absolute Gasteiger partial charge is 0.397 e. The summed E-state index contributed by atoms with van der Waals surface area (Å²) in [6.07, 6.45) is 0.637. The lowest BCUT2D eigenvalue weighted by Crippen LogP contribution is -1.95. The highest BCUT2D eigenvalue weighted by Gasteiger charge is 2.05. The molecule has 0 aromatic heterocycles. The number of rotatable bonds is 1. The van der Waals surface area contributed by atoms with E-state index < -0.39 is 0 Å². The topological polar surface area (TPSA) is 52.0 Å². The van der Waals surface area contributed by atoms with Crippen LogP contribution in [-0.4, -0.2) is 6.54 Å². The van der Waals surface area contributed by atoms with Gasteiger partial charge in [0.05, 0.1) is 15.7 Å². The Labute approximate surface area is 93.2 Å². The van der Waals surface area contributed by atoms with Gasteiger partial charge in [-0.15, -0.1) is 0 Å². The molecule has 4 N–H and O–H groups in total. The van der Waals surface area contributed by atoms with Crippen molar-refractivity contribution in [2.45, 2.75) is 6.42 Å². The molecule has 1 aromatic carbocycles. The molecule has 0 aliphatic rings. The third-order valence-electron chi connectivity index (χ3n) is 1.60. The molecule has 0 aliphatic carbocycles. The van der Waals surface area contributed by atoms with Gasteiger partial charge in [0.1, 0.15) is 0 Å². The van der Waals surface area contributed by atoms with E-state index in [1.54, 1.807) is 12.1 Å². The first-order valence-corrected chi connectivity index (χ1v) is 4.85. The van der Waals surface area contributed by atoms with E-state index in [0.29, 0.717) is 34.3 Å². The second-order valence-corrected chi connectivity index (χ2v) is 3.43. The Hall–Kier alpha value is -0.880. The summed E-state index contributed by atoms with van der Waals surface area (Å²) in [5.74, 6) is 5.76. The van der Waals surface area contributed by atoms with Crippen molar-refractivity contribution in [2.75, 3.05) is 12.3 Å². The Morgan fingerprint density at radius 3 is 2.57 bits per heavy atom. The van der Waals surface area contributed by atoms with Gasteiger partial charge in [-0.25, -0.2) is 0 Å². The van der Waals surface area contributed by atoms with Crippen LogP contribution in [-0.2, 0) is 0 Å². The second kappa shape index (κ2) is 5.11. The molecule has 14 heavy (non-hydrogen) atoms. The fraction of sp³-hybridized carbons (Fsp3) is 0.200. The Balaban J connectivity index is 3.02. The smallest absolute Gasteiger partial charge is 0.0834 e. The van der Waals surface area contributed by atoms with Crippen LogP contribution in [0.5, 0.6) is 0 Å². The predicted octanol–water partition coefficient (Wildman–Crippen LogP) is 2.28. The lowest BCUT2D eigenvalue weighted by atomic mass is 10.2. The molecule has 0 heterocycles. The zero-order valence-corrected chi connectivity index (χ0v) is 8.99. The molecule has 0 amide bonds. The van der Waals surface area contributed by atoms with Crippen LogP contribution in [0.4, 0.5) is 5.69 Å². The fourth-order valence-corrected chi connectivity index (χ4v) is 1.27. The van der Waals surface area contributed by atoms with Crippen molar-refractivity contribution in [2.24, 2.45) is 5.73 Å². The van der Waals surface area contributed by atoms with Gasteiger partial charge in [-0.2, -0.15) is 0 Å². The van der Waals surface area contributed by atoms with Gasteiger partial charge in [0.2, 0.25) is 0 Å². The van der Waals surface area contributed by atoms with Gasteiger partial charge in [0.15, 0.2) is 0 Å². The molecule has 0 bridgehead atoms. The Kier molecular flexibility index (Phi) is 4.09. The molecule has 0 spiro atoms. The van der Waals surface area contributed by atoms with Crippen molar-refractivity contribution in [3.05, 3.63) is 27.7 Å². The number of anilines is 1. The molecule has 0 aliphatic heterocycles. The van der Waals surface area contributed by atoms with E-state index >= 15 is 0 Å². The van der Waals surface area contributed by atoms with Gasteiger partial charge in [-0.1, -0.05) is 35.0 Å². The summed E-state index contributed by atoms with van der Waals surface area (Å²) < 4.78 is 0. The molecule has 2 nitrogen and oxygen atoms in total. The average molecular weight is 229 g/mol. The Morgan fingerprint density at radius 2 is 1.93 bits per heavy atom. The third-order valence-corrected chi connectivity index (χ3v) is 2.50. The normalized spacial score (nSPS) is 9.36. The molecule has 0 saturated carbocycles. The van der Waals surface area contributed by atoms with Crippen molar-refractivity contribution in [3.8, 4) is 11.8 Å². The molecule has 74 valence electrons. The van der Waals surface area contributed by atoms with Gasteiger partial charge in [0, 0.05) is 18.5 Å². The fourth-order valence-electron chi connectivity index (χ4n) is 0.891. The summed E-state index contributed by atoms with van der Waals surface area (Å²) in [4.78, 5) is 0. The maximum atomic E-state index is 5.93. The van der Waals surface area contributed by atoms with Gasteiger partial charge in [-0.3, -0.25) is 0 Å². The van der Waals surface area contributed by atoms with Crippen LogP contribution in [0.3, 0.4) is 0 Å². The highest BCUT2D eigenvalue weighted by molar-refractivity contribution is 6.44. The van der Waals surface area contributed by atoms with E-state index in [-0.39, 0.29) is 0 Å². The summed E-state index contributed by atoms with van der Waals surface area (Å²) in [6.45, 7) is 0.535. The summed E-state index contributed by atoms with van der Waals surface area (Å²) >= 11 is 11.8. The summed E-state index contributed by atoms with van der Waals surface area (Å²) in [5, 5.41) is 0.752. The minimum Gasteiger partial charge on any atom is -0.397 e. The van der Waals surface area contributed by atoms with E-state index in [9.17, 15) is 0 Å². The van der Waals surface area contributed by atoms with Crippen molar-refractivity contribution >= 4 is 28.9 Å². The van der Waals surface area contributed by atoms with Crippen molar-refractivity contribution in [1.29, 1.82) is 0 Å². The van der Waals surface area contributed by atoms with Crippen molar-refractivity contribution in [1.82, 2.24) is 0 Å². The van der Waals surface area contributed by atoms with Gasteiger partial charge in [0.25, 0.3) is 0 Å².